The summed E-state index contributed by atoms with van der Waals surface area (Å²) in [5.41, 5.74) is 4.75. The van der Waals surface area contributed by atoms with E-state index in [1.54, 1.807) is 12.3 Å². The number of pyridine rings is 1. The third-order valence-electron chi connectivity index (χ3n) is 4.74. The average Bonchev–Trinajstić information content (AvgIpc) is 3.11. The van der Waals surface area contributed by atoms with Crippen molar-refractivity contribution >= 4 is 52.6 Å². The lowest BCUT2D eigenvalue weighted by Crippen LogP contribution is -2.38. The molecule has 166 valence electrons. The molecule has 0 aliphatic heterocycles. The van der Waals surface area contributed by atoms with E-state index in [0.29, 0.717) is 18.8 Å². The van der Waals surface area contributed by atoms with Crippen LogP contribution in [0, 0.1) is 13.8 Å². The normalized spacial score (nSPS) is 11.1. The van der Waals surface area contributed by atoms with Crippen molar-refractivity contribution in [1.82, 2.24) is 20.6 Å². The highest BCUT2D eigenvalue weighted by Gasteiger charge is 2.06. The number of aliphatic imine (C=N–C) groups is 1. The summed E-state index contributed by atoms with van der Waals surface area (Å²) in [6, 6.07) is 10.2. The van der Waals surface area contributed by atoms with E-state index in [0.717, 1.165) is 31.0 Å². The number of nitrogens with zero attached hydrogens (tertiary/aromatic N) is 2. The first kappa shape index (κ1) is 24.6. The first-order chi connectivity index (χ1) is 14.5. The number of aromatic nitrogens is 2. The molecule has 0 spiro atoms. The minimum absolute atomic E-state index is 0. The number of guanidine groups is 1. The van der Waals surface area contributed by atoms with Gasteiger partial charge in [-0.3, -0.25) is 9.79 Å². The van der Waals surface area contributed by atoms with E-state index in [-0.39, 0.29) is 29.9 Å². The number of benzene rings is 1. The molecule has 31 heavy (non-hydrogen) atoms. The smallest absolute Gasteiger partial charge is 0.227 e. The van der Waals surface area contributed by atoms with E-state index in [4.69, 9.17) is 0 Å². The van der Waals surface area contributed by atoms with Crippen molar-refractivity contribution in [2.45, 2.75) is 33.6 Å². The van der Waals surface area contributed by atoms with E-state index in [2.05, 4.69) is 62.2 Å². The molecule has 0 unspecified atom stereocenters. The van der Waals surface area contributed by atoms with Crippen molar-refractivity contribution in [2.24, 2.45) is 4.99 Å². The first-order valence-electron chi connectivity index (χ1n) is 10.4. The minimum Gasteiger partial charge on any atom is -0.361 e. The summed E-state index contributed by atoms with van der Waals surface area (Å²) in [6.07, 6.45) is 4.98. The largest absolute Gasteiger partial charge is 0.361 e. The Balaban J connectivity index is 0.00000341. The lowest BCUT2D eigenvalue weighted by Gasteiger charge is -2.11. The van der Waals surface area contributed by atoms with Crippen LogP contribution in [0.25, 0.3) is 10.9 Å². The topological polar surface area (TPSA) is 94.2 Å². The van der Waals surface area contributed by atoms with Gasteiger partial charge < -0.3 is 20.9 Å². The van der Waals surface area contributed by atoms with Crippen LogP contribution < -0.4 is 16.0 Å². The van der Waals surface area contributed by atoms with Crippen molar-refractivity contribution in [3.63, 3.8) is 0 Å². The predicted octanol–water partition coefficient (Wildman–Crippen LogP) is 3.92. The van der Waals surface area contributed by atoms with E-state index in [1.165, 1.54) is 22.0 Å². The second kappa shape index (κ2) is 12.3. The molecule has 8 heteroatoms. The summed E-state index contributed by atoms with van der Waals surface area (Å²) >= 11 is 0. The molecule has 1 aromatic carbocycles. The quantitative estimate of drug-likeness (QED) is 0.200. The van der Waals surface area contributed by atoms with Crippen molar-refractivity contribution in [2.75, 3.05) is 25.0 Å². The second-order valence-electron chi connectivity index (χ2n) is 7.32. The molecule has 0 radical (unpaired) electrons. The SMILES string of the molecule is CCNC(=NCCC(=O)Nc1ccc(C)cn1)NCCc1c[nH]c2cc(C)ccc12.I. The number of nitrogens with one attached hydrogen (secondary N) is 4. The molecule has 3 rings (SSSR count). The zero-order chi connectivity index (χ0) is 21.3. The minimum atomic E-state index is -0.0972. The fourth-order valence-electron chi connectivity index (χ4n) is 3.18. The highest BCUT2D eigenvalue weighted by atomic mass is 127. The Morgan fingerprint density at radius 3 is 2.68 bits per heavy atom. The van der Waals surface area contributed by atoms with Crippen molar-refractivity contribution in [1.29, 1.82) is 0 Å². The summed E-state index contributed by atoms with van der Waals surface area (Å²) in [6.45, 7) is 8.00. The molecule has 0 atom stereocenters. The zero-order valence-corrected chi connectivity index (χ0v) is 20.6. The number of hydrogen-bond acceptors (Lipinski definition) is 3. The number of fused-ring (bicyclic) bond motifs is 1. The molecular formula is C23H31IN6O. The molecule has 3 aromatic rings. The van der Waals surface area contributed by atoms with Gasteiger partial charge in [0.05, 0.1) is 6.54 Å². The van der Waals surface area contributed by atoms with E-state index in [1.807, 2.05) is 19.9 Å². The van der Waals surface area contributed by atoms with Gasteiger partial charge in [0.1, 0.15) is 5.82 Å². The van der Waals surface area contributed by atoms with Crippen molar-refractivity contribution in [3.05, 3.63) is 59.4 Å². The van der Waals surface area contributed by atoms with E-state index < -0.39 is 0 Å². The van der Waals surface area contributed by atoms with Crippen LogP contribution in [0.4, 0.5) is 5.82 Å². The van der Waals surface area contributed by atoms with Crippen molar-refractivity contribution in [3.8, 4) is 0 Å². The maximum Gasteiger partial charge on any atom is 0.227 e. The number of carbonyl (C=O) groups is 1. The molecule has 2 aromatic heterocycles. The number of aromatic amines is 1. The Morgan fingerprint density at radius 1 is 1.13 bits per heavy atom. The molecule has 2 heterocycles. The van der Waals surface area contributed by atoms with Gasteiger partial charge in [0.15, 0.2) is 5.96 Å². The lowest BCUT2D eigenvalue weighted by atomic mass is 10.1. The van der Waals surface area contributed by atoms with Crippen LogP contribution in [0.2, 0.25) is 0 Å². The van der Waals surface area contributed by atoms with Gasteiger partial charge >= 0.3 is 0 Å². The van der Waals surface area contributed by atoms with Crippen LogP contribution in [-0.4, -0.2) is 41.5 Å². The molecule has 0 saturated carbocycles. The van der Waals surface area contributed by atoms with Gasteiger partial charge in [0, 0.05) is 42.8 Å². The molecule has 4 N–H and O–H groups in total. The van der Waals surface area contributed by atoms with E-state index in [9.17, 15) is 4.79 Å². The van der Waals surface area contributed by atoms with Crippen LogP contribution in [0.5, 0.6) is 0 Å². The third kappa shape index (κ3) is 7.54. The van der Waals surface area contributed by atoms with Crippen LogP contribution in [0.15, 0.2) is 47.7 Å². The maximum absolute atomic E-state index is 12.1. The molecule has 0 aliphatic carbocycles. The maximum atomic E-state index is 12.1. The molecule has 0 saturated heterocycles. The summed E-state index contributed by atoms with van der Waals surface area (Å²) in [5.74, 6) is 1.18. The van der Waals surface area contributed by atoms with Gasteiger partial charge in [-0.1, -0.05) is 18.2 Å². The summed E-state index contributed by atoms with van der Waals surface area (Å²) in [4.78, 5) is 24.1. The molecule has 0 bridgehead atoms. The fourth-order valence-corrected chi connectivity index (χ4v) is 3.18. The van der Waals surface area contributed by atoms with Gasteiger partial charge in [-0.05, 0) is 56.0 Å². The number of rotatable bonds is 8. The monoisotopic (exact) mass is 534 g/mol. The highest BCUT2D eigenvalue weighted by molar-refractivity contribution is 14.0. The Labute approximate surface area is 200 Å². The average molecular weight is 534 g/mol. The van der Waals surface area contributed by atoms with Gasteiger partial charge in [-0.25, -0.2) is 4.98 Å². The summed E-state index contributed by atoms with van der Waals surface area (Å²) in [7, 11) is 0. The van der Waals surface area contributed by atoms with Crippen LogP contribution in [0.3, 0.4) is 0 Å². The van der Waals surface area contributed by atoms with Crippen LogP contribution in [-0.2, 0) is 11.2 Å². The standard InChI is InChI=1S/C23H30N6O.HI/c1-4-24-23(26-12-10-22(30)29-21-8-6-17(3)14-28-21)25-11-9-18-15-27-20-13-16(2)5-7-19(18)20;/h5-8,13-15,27H,4,9-12H2,1-3H3,(H2,24,25,26)(H,28,29,30);1H. The third-order valence-corrected chi connectivity index (χ3v) is 4.74. The number of aryl methyl sites for hydroxylation is 2. The number of anilines is 1. The molecule has 0 fully saturated rings. The Bertz CT molecular complexity index is 1010. The van der Waals surface area contributed by atoms with Gasteiger partial charge in [0.2, 0.25) is 5.91 Å². The molecule has 7 nitrogen and oxygen atoms in total. The molecule has 1 amide bonds. The zero-order valence-electron chi connectivity index (χ0n) is 18.3. The van der Waals surface area contributed by atoms with E-state index >= 15 is 0 Å². The van der Waals surface area contributed by atoms with Crippen molar-refractivity contribution < 1.29 is 4.79 Å². The number of H-pyrrole nitrogens is 1. The highest BCUT2D eigenvalue weighted by Crippen LogP contribution is 2.19. The van der Waals surface area contributed by atoms with Crippen LogP contribution >= 0.6 is 24.0 Å². The molecule has 0 aliphatic rings. The first-order valence-corrected chi connectivity index (χ1v) is 10.4. The number of hydrogen-bond donors (Lipinski definition) is 4. The van der Waals surface area contributed by atoms with Crippen LogP contribution in [0.1, 0.15) is 30.0 Å². The number of carbonyl (C=O) groups excluding carboxylic acids is 1. The number of amides is 1. The summed E-state index contributed by atoms with van der Waals surface area (Å²) < 4.78 is 0. The van der Waals surface area contributed by atoms with Gasteiger partial charge in [-0.2, -0.15) is 0 Å². The Kier molecular flexibility index (Phi) is 9.77. The summed E-state index contributed by atoms with van der Waals surface area (Å²) in [5, 5.41) is 10.6. The Hall–Kier alpha value is -2.62. The van der Waals surface area contributed by atoms with Gasteiger partial charge in [-0.15, -0.1) is 24.0 Å². The predicted molar refractivity (Wildman–Crippen MR) is 138 cm³/mol. The fraction of sp³-hybridized carbons (Fsp3) is 0.348. The lowest BCUT2D eigenvalue weighted by molar-refractivity contribution is -0.116. The number of halogens is 1. The molecular weight excluding hydrogens is 503 g/mol. The van der Waals surface area contributed by atoms with Gasteiger partial charge in [0.25, 0.3) is 0 Å². The Morgan fingerprint density at radius 2 is 1.94 bits per heavy atom. The second-order valence-corrected chi connectivity index (χ2v) is 7.32.